The van der Waals surface area contributed by atoms with Crippen molar-refractivity contribution in [2.75, 3.05) is 30.5 Å². The minimum absolute atomic E-state index is 0.0639. The van der Waals surface area contributed by atoms with Crippen molar-refractivity contribution >= 4 is 39.2 Å². The average molecular weight is 477 g/mol. The lowest BCUT2D eigenvalue weighted by Gasteiger charge is -2.31. The van der Waals surface area contributed by atoms with Gasteiger partial charge in [0.1, 0.15) is 4.90 Å². The van der Waals surface area contributed by atoms with Gasteiger partial charge in [0.05, 0.1) is 23.2 Å². The van der Waals surface area contributed by atoms with Crippen LogP contribution < -0.4 is 4.31 Å². The van der Waals surface area contributed by atoms with Crippen LogP contribution in [-0.4, -0.2) is 51.4 Å². The number of esters is 1. The van der Waals surface area contributed by atoms with Crippen molar-refractivity contribution in [3.05, 3.63) is 58.6 Å². The molecule has 0 bridgehead atoms. The largest absolute Gasteiger partial charge is 0.466 e. The van der Waals surface area contributed by atoms with Crippen LogP contribution in [0, 0.1) is 5.92 Å². The van der Waals surface area contributed by atoms with Crippen molar-refractivity contribution in [3.63, 3.8) is 0 Å². The van der Waals surface area contributed by atoms with E-state index in [0.29, 0.717) is 44.6 Å². The highest BCUT2D eigenvalue weighted by Crippen LogP contribution is 2.35. The monoisotopic (exact) mass is 476 g/mol. The number of para-hydroxylation sites is 1. The maximum atomic E-state index is 13.4. The summed E-state index contributed by atoms with van der Waals surface area (Å²) in [5, 5.41) is 0.0639. The molecular formula is C23H25ClN2O5S. The van der Waals surface area contributed by atoms with E-state index in [1.807, 2.05) is 12.1 Å². The molecule has 0 N–H and O–H groups in total. The van der Waals surface area contributed by atoms with E-state index in [9.17, 15) is 18.0 Å². The van der Waals surface area contributed by atoms with Gasteiger partial charge in [0.25, 0.3) is 15.9 Å². The van der Waals surface area contributed by atoms with Crippen molar-refractivity contribution in [2.45, 2.75) is 31.1 Å². The van der Waals surface area contributed by atoms with Crippen LogP contribution in [0.4, 0.5) is 5.69 Å². The van der Waals surface area contributed by atoms with Crippen molar-refractivity contribution in [1.82, 2.24) is 4.90 Å². The second-order valence-corrected chi connectivity index (χ2v) is 10.2. The van der Waals surface area contributed by atoms with Gasteiger partial charge in [-0.3, -0.25) is 13.9 Å². The molecule has 4 rings (SSSR count). The highest BCUT2D eigenvalue weighted by Gasteiger charge is 2.34. The van der Waals surface area contributed by atoms with Gasteiger partial charge in [-0.1, -0.05) is 29.8 Å². The zero-order valence-electron chi connectivity index (χ0n) is 17.8. The molecule has 9 heteroatoms. The van der Waals surface area contributed by atoms with Crippen molar-refractivity contribution in [1.29, 1.82) is 0 Å². The van der Waals surface area contributed by atoms with E-state index < -0.39 is 10.0 Å². The third-order valence-electron chi connectivity index (χ3n) is 5.92. The van der Waals surface area contributed by atoms with Crippen LogP contribution >= 0.6 is 11.6 Å². The summed E-state index contributed by atoms with van der Waals surface area (Å²) in [6.07, 6.45) is 1.96. The van der Waals surface area contributed by atoms with Crippen molar-refractivity contribution < 1.29 is 22.7 Å². The number of amides is 1. The highest BCUT2D eigenvalue weighted by atomic mass is 35.5. The molecule has 2 aromatic carbocycles. The zero-order valence-corrected chi connectivity index (χ0v) is 19.4. The van der Waals surface area contributed by atoms with Crippen LogP contribution in [-0.2, 0) is 26.0 Å². The van der Waals surface area contributed by atoms with Gasteiger partial charge < -0.3 is 9.64 Å². The molecule has 0 unspecified atom stereocenters. The fourth-order valence-corrected chi connectivity index (χ4v) is 6.31. The van der Waals surface area contributed by atoms with E-state index in [1.54, 1.807) is 24.0 Å². The molecule has 32 heavy (non-hydrogen) atoms. The number of likely N-dealkylation sites (tertiary alicyclic amines) is 1. The molecular weight excluding hydrogens is 452 g/mol. The Hall–Kier alpha value is -2.58. The average Bonchev–Trinajstić information content (AvgIpc) is 3.24. The minimum atomic E-state index is -3.94. The van der Waals surface area contributed by atoms with Gasteiger partial charge in [-0.2, -0.15) is 0 Å². The lowest BCUT2D eigenvalue weighted by Crippen LogP contribution is -2.42. The van der Waals surface area contributed by atoms with Gasteiger partial charge in [0.2, 0.25) is 0 Å². The molecule has 0 radical (unpaired) electrons. The molecule has 1 fully saturated rings. The van der Waals surface area contributed by atoms with Crippen LogP contribution in [0.15, 0.2) is 47.4 Å². The predicted molar refractivity (Wildman–Crippen MR) is 121 cm³/mol. The third-order valence-corrected chi connectivity index (χ3v) is 8.21. The zero-order chi connectivity index (χ0) is 22.9. The number of hydrogen-bond acceptors (Lipinski definition) is 5. The smallest absolute Gasteiger partial charge is 0.310 e. The normalized spacial score (nSPS) is 18.4. The standard InChI is InChI=1S/C23H25ClN2O5S/c1-2-31-23(28)18-7-5-12-25(15-18)22(27)17-9-10-19(24)21(14-17)32(29,30)26-13-11-16-6-3-4-8-20(16)26/h3-4,6,8-10,14,18H,2,5,7,11-13,15H2,1H3/t18-/m1/s1. The van der Waals surface area contributed by atoms with E-state index in [1.165, 1.54) is 22.5 Å². The van der Waals surface area contributed by atoms with Crippen LogP contribution in [0.3, 0.4) is 0 Å². The molecule has 1 atom stereocenters. The summed E-state index contributed by atoms with van der Waals surface area (Å²) in [6.45, 7) is 3.11. The van der Waals surface area contributed by atoms with Gasteiger partial charge >= 0.3 is 5.97 Å². The number of rotatable bonds is 5. The molecule has 170 valence electrons. The number of ether oxygens (including phenoxy) is 1. The lowest BCUT2D eigenvalue weighted by atomic mass is 9.97. The number of anilines is 1. The first-order valence-electron chi connectivity index (χ1n) is 10.7. The minimum Gasteiger partial charge on any atom is -0.466 e. The Morgan fingerprint density at radius 2 is 1.94 bits per heavy atom. The molecule has 0 spiro atoms. The number of nitrogens with zero attached hydrogens (tertiary/aromatic N) is 2. The molecule has 1 amide bonds. The Morgan fingerprint density at radius 1 is 1.16 bits per heavy atom. The summed E-state index contributed by atoms with van der Waals surface area (Å²) >= 11 is 6.28. The summed E-state index contributed by atoms with van der Waals surface area (Å²) in [4.78, 5) is 26.8. The third kappa shape index (κ3) is 4.21. The van der Waals surface area contributed by atoms with E-state index in [-0.39, 0.29) is 39.8 Å². The Bertz CT molecular complexity index is 1150. The van der Waals surface area contributed by atoms with Crippen LogP contribution in [0.2, 0.25) is 5.02 Å². The molecule has 1 saturated heterocycles. The number of piperidine rings is 1. The summed E-state index contributed by atoms with van der Waals surface area (Å²) in [5.41, 5.74) is 1.82. The maximum absolute atomic E-state index is 13.4. The molecule has 2 aromatic rings. The molecule has 2 aliphatic heterocycles. The maximum Gasteiger partial charge on any atom is 0.310 e. The quantitative estimate of drug-likeness (QED) is 0.616. The number of fused-ring (bicyclic) bond motifs is 1. The van der Waals surface area contributed by atoms with Gasteiger partial charge in [0, 0.05) is 25.2 Å². The molecule has 0 aliphatic carbocycles. The Labute approximate surface area is 193 Å². The Kier molecular flexibility index (Phi) is 6.44. The van der Waals surface area contributed by atoms with Crippen molar-refractivity contribution in [3.8, 4) is 0 Å². The Balaban J connectivity index is 1.60. The first kappa shape index (κ1) is 22.6. The SMILES string of the molecule is CCOC(=O)[C@@H]1CCCN(C(=O)c2ccc(Cl)c(S(=O)(=O)N3CCc4ccccc43)c2)C1. The summed E-state index contributed by atoms with van der Waals surface area (Å²) in [6, 6.07) is 11.7. The van der Waals surface area contributed by atoms with E-state index in [4.69, 9.17) is 16.3 Å². The number of carbonyl (C=O) groups excluding carboxylic acids is 2. The fourth-order valence-electron chi connectivity index (χ4n) is 4.31. The predicted octanol–water partition coefficient (Wildman–Crippen LogP) is 3.51. The number of hydrogen-bond donors (Lipinski definition) is 0. The van der Waals surface area contributed by atoms with Gasteiger partial charge in [-0.25, -0.2) is 8.42 Å². The topological polar surface area (TPSA) is 84.0 Å². The van der Waals surface area contributed by atoms with Gasteiger partial charge in [-0.15, -0.1) is 0 Å². The Morgan fingerprint density at radius 3 is 2.72 bits per heavy atom. The number of benzene rings is 2. The van der Waals surface area contributed by atoms with E-state index in [0.717, 1.165) is 5.56 Å². The summed E-state index contributed by atoms with van der Waals surface area (Å²) in [7, 11) is -3.94. The summed E-state index contributed by atoms with van der Waals surface area (Å²) < 4.78 is 33.3. The van der Waals surface area contributed by atoms with E-state index >= 15 is 0 Å². The summed E-state index contributed by atoms with van der Waals surface area (Å²) in [5.74, 6) is -1.00. The fraction of sp³-hybridized carbons (Fsp3) is 0.391. The molecule has 7 nitrogen and oxygen atoms in total. The first-order valence-corrected chi connectivity index (χ1v) is 12.5. The van der Waals surface area contributed by atoms with Gasteiger partial charge in [-0.05, 0) is 56.0 Å². The van der Waals surface area contributed by atoms with Crippen LogP contribution in [0.25, 0.3) is 0 Å². The van der Waals surface area contributed by atoms with E-state index in [2.05, 4.69) is 0 Å². The second-order valence-electron chi connectivity index (χ2n) is 7.94. The molecule has 2 aliphatic rings. The number of sulfonamides is 1. The lowest BCUT2D eigenvalue weighted by molar-refractivity contribution is -0.149. The second kappa shape index (κ2) is 9.11. The highest BCUT2D eigenvalue weighted by molar-refractivity contribution is 7.93. The molecule has 2 heterocycles. The van der Waals surface area contributed by atoms with Crippen LogP contribution in [0.5, 0.6) is 0 Å². The molecule has 0 saturated carbocycles. The van der Waals surface area contributed by atoms with Crippen LogP contribution in [0.1, 0.15) is 35.7 Å². The van der Waals surface area contributed by atoms with Gasteiger partial charge in [0.15, 0.2) is 0 Å². The molecule has 0 aromatic heterocycles. The number of carbonyl (C=O) groups is 2. The van der Waals surface area contributed by atoms with Crippen molar-refractivity contribution in [2.24, 2.45) is 5.92 Å². The first-order chi connectivity index (χ1) is 15.3. The number of halogens is 1.